The van der Waals surface area contributed by atoms with Crippen LogP contribution in [0.5, 0.6) is 11.5 Å². The minimum Gasteiger partial charge on any atom is -0.493 e. The number of barbiturate groups is 1. The van der Waals surface area contributed by atoms with Gasteiger partial charge in [0.15, 0.2) is 18.1 Å². The van der Waals surface area contributed by atoms with E-state index in [4.69, 9.17) is 14.6 Å². The number of methoxy groups -OCH3 is 1. The number of rotatable bonds is 7. The van der Waals surface area contributed by atoms with Crippen molar-refractivity contribution >= 4 is 63.9 Å². The van der Waals surface area contributed by atoms with Crippen LogP contribution in [0.2, 0.25) is 0 Å². The molecule has 0 atom stereocenters. The summed E-state index contributed by atoms with van der Waals surface area (Å²) < 4.78 is 10.9. The Labute approximate surface area is 199 Å². The van der Waals surface area contributed by atoms with Crippen molar-refractivity contribution in [3.63, 3.8) is 0 Å². The number of anilines is 1. The van der Waals surface area contributed by atoms with Crippen LogP contribution >= 0.6 is 22.6 Å². The molecule has 0 aliphatic carbocycles. The van der Waals surface area contributed by atoms with Crippen molar-refractivity contribution in [2.75, 3.05) is 18.6 Å². The Bertz CT molecular complexity index is 1230. The maximum Gasteiger partial charge on any atom is 0.341 e. The van der Waals surface area contributed by atoms with Gasteiger partial charge in [-0.1, -0.05) is 6.07 Å². The van der Waals surface area contributed by atoms with E-state index in [0.717, 1.165) is 6.07 Å². The quantitative estimate of drug-likeness (QED) is 0.168. The molecule has 1 heterocycles. The van der Waals surface area contributed by atoms with Gasteiger partial charge >= 0.3 is 12.0 Å². The normalized spacial score (nSPS) is 14.8. The van der Waals surface area contributed by atoms with Crippen LogP contribution in [0.1, 0.15) is 5.56 Å². The molecule has 2 aromatic carbocycles. The average Bonchev–Trinajstić information content (AvgIpc) is 2.75. The van der Waals surface area contributed by atoms with Crippen LogP contribution in [0.3, 0.4) is 0 Å². The van der Waals surface area contributed by atoms with Gasteiger partial charge in [-0.25, -0.2) is 14.5 Å². The molecular weight excluding hydrogens is 553 g/mol. The Morgan fingerprint density at radius 1 is 1.27 bits per heavy atom. The smallest absolute Gasteiger partial charge is 0.341 e. The molecular formula is C20H14IN3O9. The van der Waals surface area contributed by atoms with Crippen molar-refractivity contribution in [2.45, 2.75) is 0 Å². The van der Waals surface area contributed by atoms with Gasteiger partial charge in [0.25, 0.3) is 17.5 Å². The van der Waals surface area contributed by atoms with Crippen LogP contribution in [0, 0.1) is 13.7 Å². The largest absolute Gasteiger partial charge is 0.493 e. The Morgan fingerprint density at radius 3 is 2.64 bits per heavy atom. The van der Waals surface area contributed by atoms with Crippen molar-refractivity contribution in [3.05, 3.63) is 61.2 Å². The molecule has 1 aliphatic rings. The number of urea groups is 1. The van der Waals surface area contributed by atoms with Crippen LogP contribution in [-0.4, -0.2) is 47.6 Å². The molecule has 12 nitrogen and oxygen atoms in total. The number of ether oxygens (including phenoxy) is 2. The summed E-state index contributed by atoms with van der Waals surface area (Å²) in [6.45, 7) is -0.603. The second-order valence-corrected chi connectivity index (χ2v) is 7.61. The number of amides is 4. The molecule has 4 amide bonds. The fourth-order valence-corrected chi connectivity index (χ4v) is 3.68. The molecule has 13 heteroatoms. The third-order valence-corrected chi connectivity index (χ3v) is 5.10. The summed E-state index contributed by atoms with van der Waals surface area (Å²) >= 11 is 1.87. The van der Waals surface area contributed by atoms with E-state index in [2.05, 4.69) is 0 Å². The van der Waals surface area contributed by atoms with Crippen molar-refractivity contribution in [3.8, 4) is 11.5 Å². The number of carbonyl (C=O) groups is 4. The first-order chi connectivity index (χ1) is 15.6. The van der Waals surface area contributed by atoms with Crippen LogP contribution in [-0.2, 0) is 14.4 Å². The number of nitro benzene ring substituents is 1. The average molecular weight is 567 g/mol. The number of carboxylic acid groups (broad SMARTS) is 1. The fourth-order valence-electron chi connectivity index (χ4n) is 2.90. The van der Waals surface area contributed by atoms with Crippen molar-refractivity contribution in [1.82, 2.24) is 5.32 Å². The van der Waals surface area contributed by atoms with Gasteiger partial charge in [0, 0.05) is 12.1 Å². The highest BCUT2D eigenvalue weighted by atomic mass is 127. The van der Waals surface area contributed by atoms with Crippen molar-refractivity contribution < 1.29 is 38.7 Å². The third kappa shape index (κ3) is 5.08. The minimum atomic E-state index is -1.19. The predicted molar refractivity (Wildman–Crippen MR) is 121 cm³/mol. The summed E-state index contributed by atoms with van der Waals surface area (Å²) in [5.74, 6) is -2.80. The van der Waals surface area contributed by atoms with E-state index in [1.54, 1.807) is 0 Å². The molecule has 3 rings (SSSR count). The Morgan fingerprint density at radius 2 is 2.00 bits per heavy atom. The lowest BCUT2D eigenvalue weighted by Crippen LogP contribution is -2.54. The van der Waals surface area contributed by atoms with Gasteiger partial charge in [-0.15, -0.1) is 0 Å². The van der Waals surface area contributed by atoms with Gasteiger partial charge in [0.1, 0.15) is 5.57 Å². The molecule has 0 saturated carbocycles. The molecule has 2 N–H and O–H groups in total. The first-order valence-corrected chi connectivity index (χ1v) is 10.1. The standard InChI is InChI=1S/C20H14IN3O9/c1-32-15-7-10(6-14(21)17(15)33-9-16(25)26)5-13-18(27)22-20(29)23(19(13)28)11-3-2-4-12(8-11)24(30)31/h2-8H,9H2,1H3,(H,25,26)(H,22,27,29)/b13-5+. The second kappa shape index (κ2) is 9.64. The monoisotopic (exact) mass is 567 g/mol. The predicted octanol–water partition coefficient (Wildman–Crippen LogP) is 2.34. The molecule has 2 aromatic rings. The highest BCUT2D eigenvalue weighted by Gasteiger charge is 2.37. The fraction of sp³-hybridized carbons (Fsp3) is 0.100. The van der Waals surface area contributed by atoms with Gasteiger partial charge < -0.3 is 14.6 Å². The van der Waals surface area contributed by atoms with Gasteiger partial charge in [0.05, 0.1) is 21.3 Å². The Hall–Kier alpha value is -4.01. The number of nitrogens with one attached hydrogen (secondary N) is 1. The number of imide groups is 2. The number of carbonyl (C=O) groups excluding carboxylic acids is 3. The molecule has 1 fully saturated rings. The minimum absolute atomic E-state index is 0.0883. The van der Waals surface area contributed by atoms with E-state index < -0.39 is 40.9 Å². The first-order valence-electron chi connectivity index (χ1n) is 9.00. The van der Waals surface area contributed by atoms with E-state index in [0.29, 0.717) is 14.0 Å². The van der Waals surface area contributed by atoms with Crippen molar-refractivity contribution in [2.24, 2.45) is 0 Å². The zero-order valence-corrected chi connectivity index (χ0v) is 18.9. The number of nitro groups is 1. The maximum absolute atomic E-state index is 13.0. The number of hydrogen-bond donors (Lipinski definition) is 2. The lowest BCUT2D eigenvalue weighted by molar-refractivity contribution is -0.384. The number of aliphatic carboxylic acids is 1. The molecule has 0 radical (unpaired) electrons. The van der Waals surface area contributed by atoms with Crippen LogP contribution < -0.4 is 19.7 Å². The van der Waals surface area contributed by atoms with Gasteiger partial charge in [-0.3, -0.25) is 25.0 Å². The van der Waals surface area contributed by atoms with Crippen LogP contribution in [0.25, 0.3) is 6.08 Å². The van der Waals surface area contributed by atoms with Gasteiger partial charge in [-0.05, 0) is 52.4 Å². The lowest BCUT2D eigenvalue weighted by atomic mass is 10.1. The third-order valence-electron chi connectivity index (χ3n) is 4.30. The summed E-state index contributed by atoms with van der Waals surface area (Å²) in [4.78, 5) is 59.5. The van der Waals surface area contributed by atoms with E-state index in [1.165, 1.54) is 43.5 Å². The maximum atomic E-state index is 13.0. The zero-order valence-electron chi connectivity index (χ0n) is 16.7. The SMILES string of the molecule is COc1cc(/C=C2\C(=O)NC(=O)N(c3cccc([N+](=O)[O-])c3)C2=O)cc(I)c1OCC(=O)O. The van der Waals surface area contributed by atoms with E-state index in [-0.39, 0.29) is 22.9 Å². The van der Waals surface area contributed by atoms with Crippen molar-refractivity contribution in [1.29, 1.82) is 0 Å². The molecule has 1 saturated heterocycles. The molecule has 0 unspecified atom stereocenters. The second-order valence-electron chi connectivity index (χ2n) is 6.45. The number of carboxylic acids is 1. The first kappa shape index (κ1) is 23.6. The number of non-ortho nitro benzene ring substituents is 1. The van der Waals surface area contributed by atoms with Gasteiger partial charge in [0.2, 0.25) is 0 Å². The molecule has 1 aliphatic heterocycles. The summed E-state index contributed by atoms with van der Waals surface area (Å²) in [7, 11) is 1.33. The molecule has 0 bridgehead atoms. The number of benzene rings is 2. The highest BCUT2D eigenvalue weighted by Crippen LogP contribution is 2.35. The summed E-state index contributed by atoms with van der Waals surface area (Å²) in [6.07, 6.45) is 1.21. The Kier molecular flexibility index (Phi) is 6.91. The Balaban J connectivity index is 2.01. The molecule has 0 aromatic heterocycles. The van der Waals surface area contributed by atoms with Crippen LogP contribution in [0.4, 0.5) is 16.2 Å². The van der Waals surface area contributed by atoms with E-state index >= 15 is 0 Å². The van der Waals surface area contributed by atoms with Crippen LogP contribution in [0.15, 0.2) is 42.0 Å². The summed E-state index contributed by atoms with van der Waals surface area (Å²) in [5, 5.41) is 21.9. The number of halogens is 1. The van der Waals surface area contributed by atoms with Gasteiger partial charge in [-0.2, -0.15) is 0 Å². The summed E-state index contributed by atoms with van der Waals surface area (Å²) in [6, 6.07) is 6.73. The molecule has 33 heavy (non-hydrogen) atoms. The summed E-state index contributed by atoms with van der Waals surface area (Å²) in [5.41, 5.74) is -0.509. The number of hydrogen-bond acceptors (Lipinski definition) is 8. The zero-order chi connectivity index (χ0) is 24.3. The molecule has 170 valence electrons. The van der Waals surface area contributed by atoms with E-state index in [1.807, 2.05) is 27.9 Å². The highest BCUT2D eigenvalue weighted by molar-refractivity contribution is 14.1. The number of nitrogens with zero attached hydrogens (tertiary/aromatic N) is 2. The van der Waals surface area contributed by atoms with E-state index in [9.17, 15) is 29.3 Å². The lowest BCUT2D eigenvalue weighted by Gasteiger charge is -2.26. The topological polar surface area (TPSA) is 165 Å². The molecule has 0 spiro atoms.